The molecule has 2 atom stereocenters. The van der Waals surface area contributed by atoms with Gasteiger partial charge in [-0.2, -0.15) is 0 Å². The molecule has 0 radical (unpaired) electrons. The number of anilines is 1. The van der Waals surface area contributed by atoms with Crippen LogP contribution in [0.2, 0.25) is 0 Å². The average molecular weight is 351 g/mol. The van der Waals surface area contributed by atoms with Crippen LogP contribution in [0.5, 0.6) is 5.75 Å². The van der Waals surface area contributed by atoms with Crippen LogP contribution in [0.25, 0.3) is 0 Å². The molecule has 25 heavy (non-hydrogen) atoms. The fourth-order valence-corrected chi connectivity index (χ4v) is 3.28. The molecule has 2 unspecified atom stereocenters. The number of ether oxygens (including phenoxy) is 1. The molecule has 1 fully saturated rings. The summed E-state index contributed by atoms with van der Waals surface area (Å²) in [5.74, 6) is 1.45. The maximum atomic E-state index is 13.5. The first-order chi connectivity index (χ1) is 12.0. The Morgan fingerprint density at radius 1 is 1.36 bits per heavy atom. The van der Waals surface area contributed by atoms with E-state index in [1.54, 1.807) is 0 Å². The second-order valence-electron chi connectivity index (χ2n) is 6.89. The van der Waals surface area contributed by atoms with Crippen molar-refractivity contribution in [2.45, 2.75) is 33.6 Å². The molecule has 0 aliphatic carbocycles. The van der Waals surface area contributed by atoms with Crippen LogP contribution in [0.15, 0.2) is 23.2 Å². The van der Waals surface area contributed by atoms with Crippen LogP contribution in [-0.2, 0) is 4.74 Å². The first-order valence-electron chi connectivity index (χ1n) is 9.12. The van der Waals surface area contributed by atoms with E-state index in [9.17, 15) is 9.50 Å². The zero-order chi connectivity index (χ0) is 18.2. The molecule has 2 N–H and O–H groups in total. The van der Waals surface area contributed by atoms with Crippen molar-refractivity contribution in [3.63, 3.8) is 0 Å². The van der Waals surface area contributed by atoms with Gasteiger partial charge in [-0.25, -0.2) is 4.39 Å². The van der Waals surface area contributed by atoms with E-state index in [0.717, 1.165) is 19.5 Å². The molecule has 0 spiro atoms. The second kappa shape index (κ2) is 9.61. The molecular weight excluding hydrogens is 321 g/mol. The number of nitrogens with one attached hydrogen (secondary N) is 1. The van der Waals surface area contributed by atoms with Crippen LogP contribution >= 0.6 is 0 Å². The third kappa shape index (κ3) is 6.20. The summed E-state index contributed by atoms with van der Waals surface area (Å²) in [5.41, 5.74) is 0.342. The summed E-state index contributed by atoms with van der Waals surface area (Å²) in [6.45, 7) is 10.2. The summed E-state index contributed by atoms with van der Waals surface area (Å²) in [6, 6.07) is 3.89. The smallest absolute Gasteiger partial charge is 0.198 e. The quantitative estimate of drug-likeness (QED) is 0.355. The lowest BCUT2D eigenvalue weighted by Gasteiger charge is -2.37. The topological polar surface area (TPSA) is 57.1 Å². The highest BCUT2D eigenvalue weighted by molar-refractivity contribution is 5.95. The zero-order valence-electron chi connectivity index (χ0n) is 15.5. The van der Waals surface area contributed by atoms with Gasteiger partial charge >= 0.3 is 0 Å². The van der Waals surface area contributed by atoms with Crippen molar-refractivity contribution in [1.29, 1.82) is 0 Å². The molecule has 1 aromatic rings. The van der Waals surface area contributed by atoms with Crippen LogP contribution in [0, 0.1) is 17.7 Å². The summed E-state index contributed by atoms with van der Waals surface area (Å²) in [7, 11) is 0. The summed E-state index contributed by atoms with van der Waals surface area (Å²) >= 11 is 0. The number of halogens is 1. The van der Waals surface area contributed by atoms with E-state index < -0.39 is 5.82 Å². The molecule has 0 aromatic heterocycles. The monoisotopic (exact) mass is 351 g/mol. The Labute approximate surface area is 149 Å². The van der Waals surface area contributed by atoms with Gasteiger partial charge in [-0.3, -0.25) is 4.99 Å². The highest BCUT2D eigenvalue weighted by atomic mass is 19.1. The second-order valence-corrected chi connectivity index (χ2v) is 6.89. The number of rotatable bonds is 6. The van der Waals surface area contributed by atoms with Gasteiger partial charge < -0.3 is 20.1 Å². The van der Waals surface area contributed by atoms with Crippen LogP contribution in [0.3, 0.4) is 0 Å². The van der Waals surface area contributed by atoms with E-state index in [2.05, 4.69) is 29.1 Å². The van der Waals surface area contributed by atoms with Gasteiger partial charge in [0, 0.05) is 38.9 Å². The summed E-state index contributed by atoms with van der Waals surface area (Å²) in [4.78, 5) is 6.87. The van der Waals surface area contributed by atoms with Crippen LogP contribution in [-0.4, -0.2) is 48.8 Å². The highest BCUT2D eigenvalue weighted by Gasteiger charge is 2.24. The van der Waals surface area contributed by atoms with E-state index in [1.807, 2.05) is 6.92 Å². The largest absolute Gasteiger partial charge is 0.506 e. The van der Waals surface area contributed by atoms with E-state index in [0.29, 0.717) is 43.2 Å². The van der Waals surface area contributed by atoms with Crippen molar-refractivity contribution in [2.75, 3.05) is 38.2 Å². The highest BCUT2D eigenvalue weighted by Crippen LogP contribution is 2.26. The van der Waals surface area contributed by atoms with E-state index in [1.165, 1.54) is 24.6 Å². The Kier molecular flexibility index (Phi) is 7.50. The molecule has 140 valence electrons. The third-order valence-electron chi connectivity index (χ3n) is 4.29. The minimum atomic E-state index is -0.392. The lowest BCUT2D eigenvalue weighted by Crippen LogP contribution is -2.45. The first kappa shape index (κ1) is 19.5. The van der Waals surface area contributed by atoms with Crippen molar-refractivity contribution < 1.29 is 14.2 Å². The number of aliphatic imine (C=N–C) groups is 1. The first-order valence-corrected chi connectivity index (χ1v) is 9.12. The maximum Gasteiger partial charge on any atom is 0.198 e. The van der Waals surface area contributed by atoms with Crippen LogP contribution in [0.1, 0.15) is 33.6 Å². The Morgan fingerprint density at radius 3 is 2.76 bits per heavy atom. The Balaban J connectivity index is 2.13. The maximum absolute atomic E-state index is 13.5. The minimum Gasteiger partial charge on any atom is -0.506 e. The van der Waals surface area contributed by atoms with Gasteiger partial charge in [0.05, 0.1) is 5.69 Å². The van der Waals surface area contributed by atoms with Gasteiger partial charge in [0.25, 0.3) is 0 Å². The number of hydrogen-bond donors (Lipinski definition) is 2. The number of nitrogens with zero attached hydrogens (tertiary/aromatic N) is 2. The van der Waals surface area contributed by atoms with Gasteiger partial charge in [0.15, 0.2) is 5.96 Å². The van der Waals surface area contributed by atoms with Crippen molar-refractivity contribution in [1.82, 2.24) is 4.90 Å². The van der Waals surface area contributed by atoms with Gasteiger partial charge in [-0.05, 0) is 43.7 Å². The number of likely N-dealkylation sites (tertiary alicyclic amines) is 1. The van der Waals surface area contributed by atoms with Gasteiger partial charge in [-0.15, -0.1) is 0 Å². The number of piperidine rings is 1. The Hall–Kier alpha value is -1.82. The SMILES string of the molecule is CCOCCCN=C(Nc1cc(F)ccc1O)N1CC(C)CC(C)C1. The van der Waals surface area contributed by atoms with E-state index in [4.69, 9.17) is 4.74 Å². The third-order valence-corrected chi connectivity index (χ3v) is 4.29. The fourth-order valence-electron chi connectivity index (χ4n) is 3.28. The molecule has 1 aromatic carbocycles. The molecule has 1 heterocycles. The standard InChI is InChI=1S/C19H30FN3O2/c1-4-25-9-5-8-21-19(23-12-14(2)10-15(3)13-23)22-17-11-16(20)6-7-18(17)24/h6-7,11,14-15,24H,4-5,8-10,12-13H2,1-3H3,(H,21,22). The van der Waals surface area contributed by atoms with Gasteiger partial charge in [0.2, 0.25) is 0 Å². The van der Waals surface area contributed by atoms with Gasteiger partial charge in [-0.1, -0.05) is 13.8 Å². The number of phenolic OH excluding ortho intramolecular Hbond substituents is 1. The molecule has 2 rings (SSSR count). The molecule has 0 saturated carbocycles. The predicted octanol–water partition coefficient (Wildman–Crippen LogP) is 3.70. The number of hydrogen-bond acceptors (Lipinski definition) is 3. The van der Waals surface area contributed by atoms with Gasteiger partial charge in [0.1, 0.15) is 11.6 Å². The fraction of sp³-hybridized carbons (Fsp3) is 0.632. The van der Waals surface area contributed by atoms with Crippen molar-refractivity contribution in [2.24, 2.45) is 16.8 Å². The molecule has 1 aliphatic rings. The molecule has 0 amide bonds. The van der Waals surface area contributed by atoms with Crippen LogP contribution in [0.4, 0.5) is 10.1 Å². The lowest BCUT2D eigenvalue weighted by molar-refractivity contribution is 0.146. The zero-order valence-corrected chi connectivity index (χ0v) is 15.5. The summed E-state index contributed by atoms with van der Waals surface area (Å²) in [5, 5.41) is 13.1. The Bertz CT molecular complexity index is 570. The molecular formula is C19H30FN3O2. The van der Waals surface area contributed by atoms with Crippen LogP contribution < -0.4 is 5.32 Å². The predicted molar refractivity (Wildman–Crippen MR) is 99.6 cm³/mol. The van der Waals surface area contributed by atoms with E-state index in [-0.39, 0.29) is 5.75 Å². The number of guanidine groups is 1. The normalized spacial score (nSPS) is 21.4. The van der Waals surface area contributed by atoms with E-state index >= 15 is 0 Å². The minimum absolute atomic E-state index is 0.0153. The van der Waals surface area contributed by atoms with Crippen molar-refractivity contribution in [3.05, 3.63) is 24.0 Å². The molecule has 1 saturated heterocycles. The summed E-state index contributed by atoms with van der Waals surface area (Å²) in [6.07, 6.45) is 2.02. The lowest BCUT2D eigenvalue weighted by atomic mass is 9.92. The number of benzene rings is 1. The Morgan fingerprint density at radius 2 is 2.08 bits per heavy atom. The van der Waals surface area contributed by atoms with Crippen molar-refractivity contribution >= 4 is 11.6 Å². The summed E-state index contributed by atoms with van der Waals surface area (Å²) < 4.78 is 18.9. The van der Waals surface area contributed by atoms with Crippen molar-refractivity contribution in [3.8, 4) is 5.75 Å². The molecule has 6 heteroatoms. The number of phenols is 1. The molecule has 0 bridgehead atoms. The molecule has 5 nitrogen and oxygen atoms in total. The number of aromatic hydroxyl groups is 1. The molecule has 1 aliphatic heterocycles. The average Bonchev–Trinajstić information content (AvgIpc) is 2.55.